The Bertz CT molecular complexity index is 885. The third-order valence-electron chi connectivity index (χ3n) is 4.56. The van der Waals surface area contributed by atoms with Crippen LogP contribution in [0.1, 0.15) is 44.9 Å². The van der Waals surface area contributed by atoms with Crippen molar-refractivity contribution in [2.75, 3.05) is 13.7 Å². The van der Waals surface area contributed by atoms with E-state index in [2.05, 4.69) is 25.9 Å². The maximum atomic E-state index is 13.0. The highest BCUT2D eigenvalue weighted by Gasteiger charge is 2.29. The molecular formula is C22H27ClN2O4. The van der Waals surface area contributed by atoms with E-state index >= 15 is 0 Å². The number of hydrogen-bond donors (Lipinski definition) is 0. The number of ether oxygens (including phenoxy) is 1. The second kappa shape index (κ2) is 8.91. The van der Waals surface area contributed by atoms with Crippen molar-refractivity contribution in [1.82, 2.24) is 4.90 Å². The molecule has 0 aliphatic carbocycles. The molecule has 1 aliphatic heterocycles. The lowest BCUT2D eigenvalue weighted by Gasteiger charge is -2.28. The molecule has 1 aliphatic rings. The van der Waals surface area contributed by atoms with Gasteiger partial charge in [0.1, 0.15) is 11.5 Å². The van der Waals surface area contributed by atoms with Crippen LogP contribution in [-0.4, -0.2) is 36.3 Å². The van der Waals surface area contributed by atoms with Gasteiger partial charge in [-0.2, -0.15) is 0 Å². The van der Waals surface area contributed by atoms with Crippen LogP contribution in [0.2, 0.25) is 5.22 Å². The fourth-order valence-electron chi connectivity index (χ4n) is 3.20. The molecule has 0 fully saturated rings. The monoisotopic (exact) mass is 418 g/mol. The average Bonchev–Trinajstić information content (AvgIpc) is 3.29. The Kier molecular flexibility index (Phi) is 6.52. The first-order valence-electron chi connectivity index (χ1n) is 9.62. The van der Waals surface area contributed by atoms with Crippen LogP contribution in [0.5, 0.6) is 5.75 Å². The zero-order chi connectivity index (χ0) is 21.0. The molecule has 2 heterocycles. The molecular weight excluding hydrogens is 392 g/mol. The van der Waals surface area contributed by atoms with Gasteiger partial charge in [0.05, 0.1) is 13.7 Å². The Morgan fingerprint density at radius 2 is 2.10 bits per heavy atom. The maximum Gasteiger partial charge on any atom is 0.223 e. The van der Waals surface area contributed by atoms with Crippen molar-refractivity contribution in [3.63, 3.8) is 0 Å². The molecule has 3 rings (SSSR count). The van der Waals surface area contributed by atoms with Crippen LogP contribution in [0.3, 0.4) is 0 Å². The van der Waals surface area contributed by atoms with Gasteiger partial charge in [0, 0.05) is 19.4 Å². The molecule has 0 saturated heterocycles. The van der Waals surface area contributed by atoms with Gasteiger partial charge in [-0.1, -0.05) is 38.1 Å². The quantitative estimate of drug-likeness (QED) is 0.641. The molecule has 1 unspecified atom stereocenters. The van der Waals surface area contributed by atoms with E-state index in [-0.39, 0.29) is 17.4 Å². The van der Waals surface area contributed by atoms with Gasteiger partial charge in [-0.05, 0) is 46.8 Å². The highest BCUT2D eigenvalue weighted by Crippen LogP contribution is 2.25. The fraction of sp³-hybridized carbons (Fsp3) is 0.455. The van der Waals surface area contributed by atoms with Crippen molar-refractivity contribution in [1.29, 1.82) is 0 Å². The number of amides is 1. The van der Waals surface area contributed by atoms with Gasteiger partial charge in [-0.3, -0.25) is 4.79 Å². The third-order valence-corrected chi connectivity index (χ3v) is 4.76. The number of nitrogens with zero attached hydrogens (tertiary/aromatic N) is 2. The van der Waals surface area contributed by atoms with Gasteiger partial charge in [0.15, 0.2) is 17.1 Å². The molecule has 29 heavy (non-hydrogen) atoms. The van der Waals surface area contributed by atoms with Crippen LogP contribution in [0, 0.1) is 5.41 Å². The Morgan fingerprint density at radius 3 is 2.76 bits per heavy atom. The summed E-state index contributed by atoms with van der Waals surface area (Å²) >= 11 is 5.85. The summed E-state index contributed by atoms with van der Waals surface area (Å²) in [6.45, 7) is 7.09. The van der Waals surface area contributed by atoms with Crippen molar-refractivity contribution in [3.8, 4) is 5.75 Å². The van der Waals surface area contributed by atoms with Crippen molar-refractivity contribution < 1.29 is 18.8 Å². The largest absolute Gasteiger partial charge is 0.497 e. The maximum absolute atomic E-state index is 13.0. The number of benzene rings is 1. The van der Waals surface area contributed by atoms with E-state index < -0.39 is 0 Å². The Morgan fingerprint density at radius 1 is 1.31 bits per heavy atom. The molecule has 7 heteroatoms. The van der Waals surface area contributed by atoms with Crippen LogP contribution < -0.4 is 4.74 Å². The standard InChI is InChI=1S/C22H27ClN2O4/c1-22(2,3)12-21(26)25(13-15-6-5-7-16(10-15)27-4)14-17-11-18(24-29-17)19-8-9-20(23)28-19/h5-10,17H,11-14H2,1-4H3. The summed E-state index contributed by atoms with van der Waals surface area (Å²) in [7, 11) is 1.63. The minimum absolute atomic E-state index is 0.0819. The van der Waals surface area contributed by atoms with Crippen molar-refractivity contribution in [3.05, 3.63) is 52.9 Å². The molecule has 1 aromatic carbocycles. The van der Waals surface area contributed by atoms with E-state index in [0.29, 0.717) is 42.6 Å². The Hall–Kier alpha value is -2.47. The SMILES string of the molecule is COc1cccc(CN(CC2CC(c3ccc(Cl)o3)=NO2)C(=O)CC(C)(C)C)c1. The molecule has 6 nitrogen and oxygen atoms in total. The van der Waals surface area contributed by atoms with E-state index in [1.165, 1.54) is 0 Å². The molecule has 0 bridgehead atoms. The zero-order valence-electron chi connectivity index (χ0n) is 17.3. The van der Waals surface area contributed by atoms with Crippen molar-refractivity contribution in [2.24, 2.45) is 10.6 Å². The number of methoxy groups -OCH3 is 1. The summed E-state index contributed by atoms with van der Waals surface area (Å²) in [4.78, 5) is 20.4. The average molecular weight is 419 g/mol. The predicted molar refractivity (Wildman–Crippen MR) is 112 cm³/mol. The van der Waals surface area contributed by atoms with Gasteiger partial charge in [0.2, 0.25) is 5.91 Å². The second-order valence-electron chi connectivity index (χ2n) is 8.44. The van der Waals surface area contributed by atoms with Crippen LogP contribution >= 0.6 is 11.6 Å². The summed E-state index contributed by atoms with van der Waals surface area (Å²) in [5.74, 6) is 1.44. The zero-order valence-corrected chi connectivity index (χ0v) is 18.0. The number of furan rings is 1. The molecule has 0 N–H and O–H groups in total. The number of carbonyl (C=O) groups is 1. The topological polar surface area (TPSA) is 64.3 Å². The minimum atomic E-state index is -0.233. The normalized spacial score (nSPS) is 16.3. The summed E-state index contributed by atoms with van der Waals surface area (Å²) < 4.78 is 10.7. The first-order chi connectivity index (χ1) is 13.7. The minimum Gasteiger partial charge on any atom is -0.497 e. The first kappa shape index (κ1) is 21.2. The number of oxime groups is 1. The number of hydrogen-bond acceptors (Lipinski definition) is 5. The second-order valence-corrected chi connectivity index (χ2v) is 8.81. The van der Waals surface area contributed by atoms with Crippen molar-refractivity contribution >= 4 is 23.2 Å². The summed E-state index contributed by atoms with van der Waals surface area (Å²) in [6, 6.07) is 11.2. The summed E-state index contributed by atoms with van der Waals surface area (Å²) in [5, 5.41) is 4.44. The Balaban J connectivity index is 1.70. The van der Waals surface area contributed by atoms with E-state index in [4.69, 9.17) is 25.6 Å². The first-order valence-corrected chi connectivity index (χ1v) is 10.0. The molecule has 156 valence electrons. The molecule has 0 spiro atoms. The third kappa shape index (κ3) is 6.00. The van der Waals surface area contributed by atoms with E-state index in [1.807, 2.05) is 29.2 Å². The van der Waals surface area contributed by atoms with Crippen LogP contribution in [0.15, 0.2) is 46.0 Å². The molecule has 2 aromatic rings. The summed E-state index contributed by atoms with van der Waals surface area (Å²) in [6.07, 6.45) is 0.773. The van der Waals surface area contributed by atoms with Crippen LogP contribution in [0.25, 0.3) is 0 Å². The lowest BCUT2D eigenvalue weighted by molar-refractivity contribution is -0.135. The van der Waals surface area contributed by atoms with Gasteiger partial charge in [-0.15, -0.1) is 0 Å². The van der Waals surface area contributed by atoms with Crippen LogP contribution in [-0.2, 0) is 16.2 Å². The fourth-order valence-corrected chi connectivity index (χ4v) is 3.34. The highest BCUT2D eigenvalue weighted by molar-refractivity contribution is 6.29. The van der Waals surface area contributed by atoms with Crippen molar-refractivity contribution in [2.45, 2.75) is 46.3 Å². The molecule has 0 saturated carbocycles. The number of carbonyl (C=O) groups excluding carboxylic acids is 1. The molecule has 1 amide bonds. The van der Waals surface area contributed by atoms with E-state index in [9.17, 15) is 4.79 Å². The van der Waals surface area contributed by atoms with Crippen LogP contribution in [0.4, 0.5) is 0 Å². The number of halogens is 1. The van der Waals surface area contributed by atoms with Gasteiger partial charge in [-0.25, -0.2) is 0 Å². The predicted octanol–water partition coefficient (Wildman–Crippen LogP) is 4.90. The lowest BCUT2D eigenvalue weighted by atomic mass is 9.91. The van der Waals surface area contributed by atoms with Gasteiger partial charge < -0.3 is 18.9 Å². The summed E-state index contributed by atoms with van der Waals surface area (Å²) in [5.41, 5.74) is 1.60. The molecule has 1 atom stereocenters. The highest BCUT2D eigenvalue weighted by atomic mass is 35.5. The lowest BCUT2D eigenvalue weighted by Crippen LogP contribution is -2.38. The Labute approximate surface area is 176 Å². The number of rotatable bonds is 7. The molecule has 0 radical (unpaired) electrons. The smallest absolute Gasteiger partial charge is 0.223 e. The van der Waals surface area contributed by atoms with E-state index in [0.717, 1.165) is 11.3 Å². The molecule has 1 aromatic heterocycles. The van der Waals surface area contributed by atoms with E-state index in [1.54, 1.807) is 19.2 Å². The van der Waals surface area contributed by atoms with Gasteiger partial charge in [0.25, 0.3) is 0 Å². The van der Waals surface area contributed by atoms with Gasteiger partial charge >= 0.3 is 0 Å².